The quantitative estimate of drug-likeness (QED) is 0.425. The summed E-state index contributed by atoms with van der Waals surface area (Å²) in [5.41, 5.74) is 0.324. The molecule has 0 aliphatic rings. The Bertz CT molecular complexity index is 872. The number of ether oxygens (including phenoxy) is 1. The molecule has 2 aromatic carbocycles. The summed E-state index contributed by atoms with van der Waals surface area (Å²) < 4.78 is 33.0. The average molecular weight is 514 g/mol. The van der Waals surface area contributed by atoms with Gasteiger partial charge in [0.1, 0.15) is 11.4 Å². The summed E-state index contributed by atoms with van der Waals surface area (Å²) in [5, 5.41) is 0.241. The number of carbonyl (C=O) groups is 1. The first kappa shape index (κ1) is 20.3. The van der Waals surface area contributed by atoms with Gasteiger partial charge in [-0.25, -0.2) is 8.42 Å². The van der Waals surface area contributed by atoms with Crippen LogP contribution >= 0.6 is 45.8 Å². The molecule has 0 unspecified atom stereocenters. The number of benzene rings is 2. The normalized spacial score (nSPS) is 11.2. The Kier molecular flexibility index (Phi) is 6.95. The number of esters is 1. The summed E-state index contributed by atoms with van der Waals surface area (Å²) >= 11 is 14.1. The number of rotatable bonds is 6. The lowest BCUT2D eigenvalue weighted by Crippen LogP contribution is -2.36. The lowest BCUT2D eigenvalue weighted by atomic mass is 10.3. The predicted octanol–water partition coefficient (Wildman–Crippen LogP) is 4.36. The van der Waals surface area contributed by atoms with E-state index < -0.39 is 22.5 Å². The number of sulfonamides is 1. The van der Waals surface area contributed by atoms with Crippen LogP contribution in [-0.4, -0.2) is 27.5 Å². The van der Waals surface area contributed by atoms with Gasteiger partial charge in [0, 0.05) is 8.59 Å². The number of carbonyl (C=O) groups excluding carboxylic acids is 1. The molecule has 0 heterocycles. The molecule has 5 nitrogen and oxygen atoms in total. The molecule has 0 bridgehead atoms. The highest BCUT2D eigenvalue weighted by atomic mass is 127. The Balaban J connectivity index is 2.54. The van der Waals surface area contributed by atoms with E-state index in [9.17, 15) is 13.2 Å². The largest absolute Gasteiger partial charge is 0.465 e. The van der Waals surface area contributed by atoms with E-state index in [4.69, 9.17) is 27.9 Å². The Morgan fingerprint density at radius 2 is 1.80 bits per heavy atom. The molecule has 0 radical (unpaired) electrons. The van der Waals surface area contributed by atoms with Crippen molar-refractivity contribution in [1.29, 1.82) is 0 Å². The van der Waals surface area contributed by atoms with Gasteiger partial charge in [0.2, 0.25) is 0 Å². The predicted molar refractivity (Wildman–Crippen MR) is 107 cm³/mol. The number of anilines is 1. The van der Waals surface area contributed by atoms with Crippen LogP contribution in [0.5, 0.6) is 0 Å². The van der Waals surface area contributed by atoms with Crippen LogP contribution in [0, 0.1) is 3.57 Å². The number of halogens is 3. The minimum Gasteiger partial charge on any atom is -0.465 e. The van der Waals surface area contributed by atoms with E-state index in [0.717, 1.165) is 7.88 Å². The molecule has 0 aliphatic carbocycles. The van der Waals surface area contributed by atoms with Crippen molar-refractivity contribution >= 4 is 67.5 Å². The van der Waals surface area contributed by atoms with Crippen LogP contribution < -0.4 is 4.31 Å². The zero-order chi connectivity index (χ0) is 18.6. The van der Waals surface area contributed by atoms with Gasteiger partial charge in [0.05, 0.1) is 17.3 Å². The Hall–Kier alpha value is -1.03. The second-order valence-electron chi connectivity index (χ2n) is 4.87. The third-order valence-electron chi connectivity index (χ3n) is 3.15. The maximum absolute atomic E-state index is 13.1. The van der Waals surface area contributed by atoms with E-state index in [-0.39, 0.29) is 21.5 Å². The topological polar surface area (TPSA) is 63.7 Å². The van der Waals surface area contributed by atoms with E-state index >= 15 is 0 Å². The molecule has 9 heteroatoms. The van der Waals surface area contributed by atoms with Crippen LogP contribution in [0.3, 0.4) is 0 Å². The van der Waals surface area contributed by atoms with Crippen molar-refractivity contribution in [2.24, 2.45) is 0 Å². The summed E-state index contributed by atoms with van der Waals surface area (Å²) in [6.45, 7) is 1.33. The highest BCUT2D eigenvalue weighted by Gasteiger charge is 2.29. The van der Waals surface area contributed by atoms with E-state index in [2.05, 4.69) is 22.6 Å². The van der Waals surface area contributed by atoms with Gasteiger partial charge in [-0.3, -0.25) is 9.10 Å². The van der Waals surface area contributed by atoms with Gasteiger partial charge in [-0.15, -0.1) is 0 Å². The van der Waals surface area contributed by atoms with Crippen molar-refractivity contribution in [1.82, 2.24) is 0 Å². The highest BCUT2D eigenvalue weighted by molar-refractivity contribution is 14.1. The van der Waals surface area contributed by atoms with Gasteiger partial charge in [0.25, 0.3) is 10.0 Å². The van der Waals surface area contributed by atoms with E-state index in [0.29, 0.717) is 5.69 Å². The monoisotopic (exact) mass is 513 g/mol. The van der Waals surface area contributed by atoms with Crippen molar-refractivity contribution in [2.45, 2.75) is 11.8 Å². The van der Waals surface area contributed by atoms with Gasteiger partial charge < -0.3 is 4.74 Å². The smallest absolute Gasteiger partial charge is 0.326 e. The van der Waals surface area contributed by atoms with Crippen LogP contribution in [0.15, 0.2) is 47.4 Å². The molecule has 0 N–H and O–H groups in total. The van der Waals surface area contributed by atoms with Gasteiger partial charge >= 0.3 is 5.97 Å². The molecular weight excluding hydrogens is 500 g/mol. The molecule has 0 spiro atoms. The summed E-state index contributed by atoms with van der Waals surface area (Å²) in [4.78, 5) is 11.8. The molecule has 0 aromatic heterocycles. The summed E-state index contributed by atoms with van der Waals surface area (Å²) in [6, 6.07) is 10.8. The second-order valence-corrected chi connectivity index (χ2v) is 8.79. The summed E-state index contributed by atoms with van der Waals surface area (Å²) in [7, 11) is -4.12. The van der Waals surface area contributed by atoms with Crippen molar-refractivity contribution in [3.8, 4) is 0 Å². The minimum absolute atomic E-state index is 0.0174. The van der Waals surface area contributed by atoms with E-state index in [1.165, 1.54) is 18.2 Å². The molecule has 25 heavy (non-hydrogen) atoms. The van der Waals surface area contributed by atoms with Gasteiger partial charge in [-0.05, 0) is 72.0 Å². The second kappa shape index (κ2) is 8.57. The number of nitrogens with zero attached hydrogens (tertiary/aromatic N) is 1. The van der Waals surface area contributed by atoms with Gasteiger partial charge in [-0.2, -0.15) is 0 Å². The molecular formula is C16H14Cl2INO4S. The van der Waals surface area contributed by atoms with Crippen LogP contribution in [0.1, 0.15) is 6.92 Å². The summed E-state index contributed by atoms with van der Waals surface area (Å²) in [5.74, 6) is -0.664. The molecule has 0 saturated carbocycles. The third-order valence-corrected chi connectivity index (χ3v) is 6.36. The maximum atomic E-state index is 13.1. The van der Waals surface area contributed by atoms with Gasteiger partial charge in [0.15, 0.2) is 0 Å². The molecule has 134 valence electrons. The lowest BCUT2D eigenvalue weighted by Gasteiger charge is -2.24. The minimum atomic E-state index is -4.12. The Morgan fingerprint density at radius 3 is 2.40 bits per heavy atom. The fraction of sp³-hybridized carbons (Fsp3) is 0.188. The number of hydrogen-bond donors (Lipinski definition) is 0. The molecule has 2 rings (SSSR count). The third kappa shape index (κ3) is 4.99. The van der Waals surface area contributed by atoms with Crippen molar-refractivity contribution < 1.29 is 17.9 Å². The molecule has 0 saturated heterocycles. The van der Waals surface area contributed by atoms with Crippen molar-refractivity contribution in [3.63, 3.8) is 0 Å². The average Bonchev–Trinajstić information content (AvgIpc) is 2.56. The molecule has 0 fully saturated rings. The number of hydrogen-bond acceptors (Lipinski definition) is 4. The van der Waals surface area contributed by atoms with Crippen LogP contribution in [0.25, 0.3) is 0 Å². The van der Waals surface area contributed by atoms with Crippen molar-refractivity contribution in [2.75, 3.05) is 17.5 Å². The van der Waals surface area contributed by atoms with Gasteiger partial charge in [-0.1, -0.05) is 23.2 Å². The fourth-order valence-electron chi connectivity index (χ4n) is 2.04. The Labute approximate surface area is 170 Å². The lowest BCUT2D eigenvalue weighted by molar-refractivity contribution is -0.141. The first-order chi connectivity index (χ1) is 11.8. The molecule has 2 aromatic rings. The highest BCUT2D eigenvalue weighted by Crippen LogP contribution is 2.30. The molecule has 0 atom stereocenters. The first-order valence-electron chi connectivity index (χ1n) is 7.14. The molecule has 0 aliphatic heterocycles. The first-order valence-corrected chi connectivity index (χ1v) is 10.4. The zero-order valence-corrected chi connectivity index (χ0v) is 17.6. The van der Waals surface area contributed by atoms with Crippen LogP contribution in [-0.2, 0) is 19.6 Å². The summed E-state index contributed by atoms with van der Waals surface area (Å²) in [6.07, 6.45) is 0. The standard InChI is InChI=1S/C16H14Cl2INO4S/c1-2-24-16(21)10-20(13-6-4-12(19)5-7-13)25(22,23)15-9-11(17)3-8-14(15)18/h3-9H,2,10H2,1H3. The maximum Gasteiger partial charge on any atom is 0.326 e. The zero-order valence-electron chi connectivity index (χ0n) is 13.1. The van der Waals surface area contributed by atoms with E-state index in [1.54, 1.807) is 31.2 Å². The SMILES string of the molecule is CCOC(=O)CN(c1ccc(I)cc1)S(=O)(=O)c1cc(Cl)ccc1Cl. The molecule has 0 amide bonds. The Morgan fingerprint density at radius 1 is 1.16 bits per heavy atom. The van der Waals surface area contributed by atoms with Crippen LogP contribution in [0.4, 0.5) is 5.69 Å². The van der Waals surface area contributed by atoms with E-state index in [1.807, 2.05) is 0 Å². The van der Waals surface area contributed by atoms with Crippen LogP contribution in [0.2, 0.25) is 10.0 Å². The fourth-order valence-corrected chi connectivity index (χ4v) is 4.55. The van der Waals surface area contributed by atoms with Crippen molar-refractivity contribution in [3.05, 3.63) is 56.1 Å².